The van der Waals surface area contributed by atoms with Gasteiger partial charge in [0.15, 0.2) is 0 Å². The Kier molecular flexibility index (Phi) is 2.25. The van der Waals surface area contributed by atoms with Crippen molar-refractivity contribution in [2.45, 2.75) is 38.1 Å². The van der Waals surface area contributed by atoms with E-state index in [0.717, 1.165) is 0 Å². The highest BCUT2D eigenvalue weighted by Crippen LogP contribution is 2.36. The minimum Gasteiger partial charge on any atom is -0.389 e. The predicted molar refractivity (Wildman–Crippen MR) is 40.4 cm³/mol. The van der Waals surface area contributed by atoms with E-state index in [4.69, 9.17) is 4.74 Å². The fourth-order valence-electron chi connectivity index (χ4n) is 0.990. The molecule has 0 amide bonds. The number of hydrogen-bond donors (Lipinski definition) is 1. The number of rotatable bonds is 4. The van der Waals surface area contributed by atoms with Gasteiger partial charge in [0.2, 0.25) is 5.66 Å². The zero-order valence-corrected chi connectivity index (χ0v) is 7.11. The number of methoxy groups -OCH3 is 1. The van der Waals surface area contributed by atoms with Gasteiger partial charge in [-0.2, -0.15) is 10.2 Å². The highest BCUT2D eigenvalue weighted by atomic mass is 16.5. The number of nitrogens with zero attached hydrogens (tertiary/aromatic N) is 2. The second-order valence-electron chi connectivity index (χ2n) is 3.00. The van der Waals surface area contributed by atoms with Crippen molar-refractivity contribution in [3.05, 3.63) is 0 Å². The van der Waals surface area contributed by atoms with Gasteiger partial charge in [0.25, 0.3) is 0 Å². The summed E-state index contributed by atoms with van der Waals surface area (Å²) in [4.78, 5) is 0. The van der Waals surface area contributed by atoms with Crippen LogP contribution in [0.3, 0.4) is 0 Å². The first-order valence-electron chi connectivity index (χ1n) is 3.75. The standard InChI is InChI=1S/C7H14N2O2/c1-5(11-3)4-7(6(2)10)8-9-7/h5-6,10H,4H2,1-3H3. The van der Waals surface area contributed by atoms with Gasteiger partial charge in [-0.25, -0.2) is 0 Å². The van der Waals surface area contributed by atoms with Crippen LogP contribution in [0.4, 0.5) is 0 Å². The van der Waals surface area contributed by atoms with E-state index in [1.807, 2.05) is 6.92 Å². The first-order chi connectivity index (χ1) is 5.10. The van der Waals surface area contributed by atoms with Crippen LogP contribution in [0.5, 0.6) is 0 Å². The summed E-state index contributed by atoms with van der Waals surface area (Å²) in [5.41, 5.74) is -0.546. The molecule has 1 aliphatic heterocycles. The maximum atomic E-state index is 9.24. The van der Waals surface area contributed by atoms with Crippen molar-refractivity contribution in [2.75, 3.05) is 7.11 Å². The molecule has 11 heavy (non-hydrogen) atoms. The van der Waals surface area contributed by atoms with Crippen molar-refractivity contribution in [3.8, 4) is 0 Å². The van der Waals surface area contributed by atoms with Crippen molar-refractivity contribution in [1.29, 1.82) is 0 Å². The molecule has 0 saturated heterocycles. The lowest BCUT2D eigenvalue weighted by molar-refractivity contribution is 0.0643. The smallest absolute Gasteiger partial charge is 0.218 e. The second kappa shape index (κ2) is 2.87. The SMILES string of the molecule is COC(C)CC1(C(C)O)N=N1. The summed E-state index contributed by atoms with van der Waals surface area (Å²) < 4.78 is 5.05. The average Bonchev–Trinajstić information content (AvgIpc) is 2.69. The van der Waals surface area contributed by atoms with Gasteiger partial charge in [-0.15, -0.1) is 0 Å². The van der Waals surface area contributed by atoms with Gasteiger partial charge in [-0.3, -0.25) is 0 Å². The molecule has 0 spiro atoms. The Morgan fingerprint density at radius 1 is 1.45 bits per heavy atom. The first-order valence-corrected chi connectivity index (χ1v) is 3.75. The fraction of sp³-hybridized carbons (Fsp3) is 1.00. The summed E-state index contributed by atoms with van der Waals surface area (Å²) in [6.07, 6.45) is 0.265. The molecule has 2 unspecified atom stereocenters. The lowest BCUT2D eigenvalue weighted by Crippen LogP contribution is -2.31. The van der Waals surface area contributed by atoms with E-state index in [-0.39, 0.29) is 6.10 Å². The molecule has 1 rings (SSSR count). The quantitative estimate of drug-likeness (QED) is 0.662. The van der Waals surface area contributed by atoms with Gasteiger partial charge >= 0.3 is 0 Å². The molecule has 4 nitrogen and oxygen atoms in total. The summed E-state index contributed by atoms with van der Waals surface area (Å²) in [5.74, 6) is 0. The molecule has 0 radical (unpaired) electrons. The molecule has 4 heteroatoms. The van der Waals surface area contributed by atoms with E-state index in [9.17, 15) is 5.11 Å². The Hall–Kier alpha value is -0.480. The highest BCUT2D eigenvalue weighted by molar-refractivity contribution is 4.99. The molecule has 0 aliphatic carbocycles. The number of hydrogen-bond acceptors (Lipinski definition) is 4. The van der Waals surface area contributed by atoms with Gasteiger partial charge in [-0.05, 0) is 13.8 Å². The number of ether oxygens (including phenoxy) is 1. The zero-order valence-electron chi connectivity index (χ0n) is 7.11. The van der Waals surface area contributed by atoms with Gasteiger partial charge in [0.1, 0.15) is 6.10 Å². The minimum absolute atomic E-state index is 0.0969. The highest BCUT2D eigenvalue weighted by Gasteiger charge is 2.46. The van der Waals surface area contributed by atoms with Crippen molar-refractivity contribution in [2.24, 2.45) is 10.2 Å². The first kappa shape index (κ1) is 8.62. The summed E-state index contributed by atoms with van der Waals surface area (Å²) in [7, 11) is 1.64. The molecule has 0 saturated carbocycles. The molecule has 0 aromatic carbocycles. The lowest BCUT2D eigenvalue weighted by atomic mass is 10.0. The molecular weight excluding hydrogens is 144 g/mol. The van der Waals surface area contributed by atoms with Crippen molar-refractivity contribution >= 4 is 0 Å². The van der Waals surface area contributed by atoms with Crippen LogP contribution in [0, 0.1) is 0 Å². The molecule has 1 heterocycles. The van der Waals surface area contributed by atoms with Gasteiger partial charge in [0, 0.05) is 13.5 Å². The third-order valence-electron chi connectivity index (χ3n) is 2.02. The molecule has 1 aliphatic rings. The summed E-state index contributed by atoms with van der Waals surface area (Å²) in [6, 6.07) is 0. The monoisotopic (exact) mass is 158 g/mol. The third-order valence-corrected chi connectivity index (χ3v) is 2.02. The van der Waals surface area contributed by atoms with Crippen molar-refractivity contribution in [3.63, 3.8) is 0 Å². The normalized spacial score (nSPS) is 24.7. The van der Waals surface area contributed by atoms with Crippen LogP contribution >= 0.6 is 0 Å². The molecule has 0 aromatic heterocycles. The maximum Gasteiger partial charge on any atom is 0.218 e. The largest absolute Gasteiger partial charge is 0.389 e. The second-order valence-corrected chi connectivity index (χ2v) is 3.00. The summed E-state index contributed by atoms with van der Waals surface area (Å²) in [5, 5.41) is 16.9. The van der Waals surface area contributed by atoms with Crippen LogP contribution in [0.15, 0.2) is 10.2 Å². The van der Waals surface area contributed by atoms with Crippen LogP contribution in [0.2, 0.25) is 0 Å². The van der Waals surface area contributed by atoms with E-state index < -0.39 is 11.8 Å². The topological polar surface area (TPSA) is 54.2 Å². The molecule has 0 bridgehead atoms. The summed E-state index contributed by atoms with van der Waals surface area (Å²) in [6.45, 7) is 3.63. The van der Waals surface area contributed by atoms with Gasteiger partial charge in [0.05, 0.1) is 6.10 Å². The van der Waals surface area contributed by atoms with Gasteiger partial charge < -0.3 is 9.84 Å². The molecular formula is C7H14N2O2. The Morgan fingerprint density at radius 3 is 2.27 bits per heavy atom. The average molecular weight is 158 g/mol. The summed E-state index contributed by atoms with van der Waals surface area (Å²) >= 11 is 0. The van der Waals surface area contributed by atoms with E-state index in [0.29, 0.717) is 6.42 Å². The minimum atomic E-state index is -0.546. The number of aliphatic hydroxyl groups excluding tert-OH is 1. The zero-order chi connectivity index (χ0) is 8.48. The van der Waals surface area contributed by atoms with Crippen LogP contribution < -0.4 is 0 Å². The van der Waals surface area contributed by atoms with Crippen molar-refractivity contribution in [1.82, 2.24) is 0 Å². The predicted octanol–water partition coefficient (Wildman–Crippen LogP) is 0.954. The third kappa shape index (κ3) is 1.75. The molecule has 0 aromatic rings. The molecule has 2 atom stereocenters. The Morgan fingerprint density at radius 2 is 2.00 bits per heavy atom. The Balaban J connectivity index is 2.36. The molecule has 1 N–H and O–H groups in total. The van der Waals surface area contributed by atoms with Crippen LogP contribution in [0.25, 0.3) is 0 Å². The fourth-order valence-corrected chi connectivity index (χ4v) is 0.990. The number of aliphatic hydroxyl groups is 1. The van der Waals surface area contributed by atoms with Gasteiger partial charge in [-0.1, -0.05) is 0 Å². The van der Waals surface area contributed by atoms with Crippen LogP contribution in [-0.4, -0.2) is 30.1 Å². The van der Waals surface area contributed by atoms with Crippen LogP contribution in [0.1, 0.15) is 20.3 Å². The van der Waals surface area contributed by atoms with E-state index in [1.54, 1.807) is 14.0 Å². The van der Waals surface area contributed by atoms with E-state index in [1.165, 1.54) is 0 Å². The van der Waals surface area contributed by atoms with Crippen molar-refractivity contribution < 1.29 is 9.84 Å². The lowest BCUT2D eigenvalue weighted by Gasteiger charge is -2.16. The molecule has 64 valence electrons. The maximum absolute atomic E-state index is 9.24. The van der Waals surface area contributed by atoms with Crippen LogP contribution in [-0.2, 0) is 4.74 Å². The molecule has 0 fully saturated rings. The van der Waals surface area contributed by atoms with E-state index in [2.05, 4.69) is 10.2 Å². The Labute approximate surface area is 66.3 Å². The Bertz CT molecular complexity index is 162. The van der Waals surface area contributed by atoms with E-state index >= 15 is 0 Å².